The Balaban J connectivity index is 0.000000198. The van der Waals surface area contributed by atoms with E-state index in [0.29, 0.717) is 0 Å². The molecule has 0 saturated carbocycles. The van der Waals surface area contributed by atoms with E-state index in [1.54, 1.807) is 18.2 Å². The van der Waals surface area contributed by atoms with Crippen LogP contribution in [0.5, 0.6) is 0 Å². The van der Waals surface area contributed by atoms with Gasteiger partial charge in [-0.2, -0.15) is 0 Å². The Bertz CT molecular complexity index is 1360. The number of hydrogen-bond donors (Lipinski definition) is 0. The van der Waals surface area contributed by atoms with Crippen LogP contribution in [-0.4, -0.2) is 15.0 Å². The maximum atomic E-state index is 7.23. The first-order valence-corrected chi connectivity index (χ1v) is 10.2. The van der Waals surface area contributed by atoms with Gasteiger partial charge in [0.25, 0.3) is 0 Å². The molecule has 4 heteroatoms. The molecule has 0 aliphatic carbocycles. The van der Waals surface area contributed by atoms with Gasteiger partial charge in [-0.25, -0.2) is 0 Å². The molecule has 3 aromatic heterocycles. The standard InChI is InChI=1S/C17H13N2.C12H10N.Ir/c1-13-7-8-16(19-12-13)15-9-10-18-17(11-15)14-5-3-2-4-6-14;1-10-7-8-12(13-9-10)11-5-3-2-4-6-11;/h2-5,7-12H,1H3;2-5,7-9H,1H3;/q2*-1;/i;1D3;. The third kappa shape index (κ3) is 6.76. The minimum Gasteiger partial charge on any atom is -0.305 e. The number of nitrogens with zero attached hydrogens (tertiary/aromatic N) is 3. The molecule has 0 fully saturated rings. The van der Waals surface area contributed by atoms with Gasteiger partial charge in [-0.3, -0.25) is 4.98 Å². The fourth-order valence-corrected chi connectivity index (χ4v) is 3.03. The zero-order valence-corrected chi connectivity index (χ0v) is 20.4. The second kappa shape index (κ2) is 12.0. The van der Waals surface area contributed by atoms with E-state index in [0.717, 1.165) is 39.3 Å². The van der Waals surface area contributed by atoms with Gasteiger partial charge in [0.1, 0.15) is 0 Å². The number of aryl methyl sites for hydroxylation is 2. The van der Waals surface area contributed by atoms with E-state index in [9.17, 15) is 0 Å². The molecule has 0 saturated heterocycles. The summed E-state index contributed by atoms with van der Waals surface area (Å²) in [6.45, 7) is -0.0559. The smallest absolute Gasteiger partial charge is 0.0695 e. The zero-order chi connectivity index (χ0) is 24.7. The molecule has 1 radical (unpaired) electrons. The number of benzene rings is 2. The van der Waals surface area contributed by atoms with Crippen molar-refractivity contribution in [1.82, 2.24) is 15.0 Å². The predicted octanol–water partition coefficient (Wildman–Crippen LogP) is 6.77. The quantitative estimate of drug-likeness (QED) is 0.212. The van der Waals surface area contributed by atoms with Gasteiger partial charge >= 0.3 is 0 Å². The van der Waals surface area contributed by atoms with Crippen LogP contribution in [0.25, 0.3) is 33.8 Å². The minimum absolute atomic E-state index is 0. The second-order valence-electron chi connectivity index (χ2n) is 7.14. The van der Waals surface area contributed by atoms with Crippen LogP contribution in [0.3, 0.4) is 0 Å². The van der Waals surface area contributed by atoms with Gasteiger partial charge in [0.15, 0.2) is 0 Å². The molecule has 5 aromatic rings. The molecule has 2 aromatic carbocycles. The number of rotatable bonds is 3. The molecule has 5 rings (SSSR count). The molecular weight excluding hydrogens is 583 g/mol. The zero-order valence-electron chi connectivity index (χ0n) is 21.0. The van der Waals surface area contributed by atoms with Crippen LogP contribution in [-0.2, 0) is 20.1 Å². The van der Waals surface area contributed by atoms with Crippen molar-refractivity contribution in [2.45, 2.75) is 13.8 Å². The van der Waals surface area contributed by atoms with Crippen molar-refractivity contribution in [3.05, 3.63) is 127 Å². The molecule has 165 valence electrons. The largest absolute Gasteiger partial charge is 0.305 e. The average Bonchev–Trinajstić information content (AvgIpc) is 2.90. The van der Waals surface area contributed by atoms with Gasteiger partial charge in [-0.1, -0.05) is 24.3 Å². The van der Waals surface area contributed by atoms with Gasteiger partial charge in [0, 0.05) is 42.8 Å². The first kappa shape index (κ1) is 20.2. The Morgan fingerprint density at radius 3 is 1.88 bits per heavy atom. The van der Waals surface area contributed by atoms with E-state index in [1.165, 1.54) is 6.20 Å². The van der Waals surface area contributed by atoms with Crippen LogP contribution >= 0.6 is 0 Å². The Kier molecular flexibility index (Phi) is 7.31. The van der Waals surface area contributed by atoms with Gasteiger partial charge in [0.2, 0.25) is 0 Å². The van der Waals surface area contributed by atoms with Gasteiger partial charge < -0.3 is 9.97 Å². The van der Waals surface area contributed by atoms with Crippen LogP contribution < -0.4 is 0 Å². The molecule has 0 unspecified atom stereocenters. The molecule has 3 heterocycles. The summed E-state index contributed by atoms with van der Waals surface area (Å²) in [6.07, 6.45) is 5.08. The van der Waals surface area contributed by atoms with E-state index < -0.39 is 6.85 Å². The van der Waals surface area contributed by atoms with Gasteiger partial charge in [-0.15, -0.1) is 71.8 Å². The maximum Gasteiger partial charge on any atom is 0.0695 e. The van der Waals surface area contributed by atoms with Crippen molar-refractivity contribution < 1.29 is 24.2 Å². The van der Waals surface area contributed by atoms with Crippen molar-refractivity contribution in [2.24, 2.45) is 0 Å². The molecule has 0 aliphatic rings. The monoisotopic (exact) mass is 609 g/mol. The first-order valence-electron chi connectivity index (χ1n) is 11.7. The van der Waals surface area contributed by atoms with Crippen LogP contribution in [0.1, 0.15) is 15.2 Å². The SMILES string of the molecule is Cc1ccc(-c2ccnc(-c3[c-]cccc3)c2)nc1.[2H]C([2H])([2H])c1ccc(-c2[c-]cccc2)nc1.[Ir]. The summed E-state index contributed by atoms with van der Waals surface area (Å²) in [4.78, 5) is 13.0. The summed E-state index contributed by atoms with van der Waals surface area (Å²) in [7, 11) is 0. The summed E-state index contributed by atoms with van der Waals surface area (Å²) in [6, 6.07) is 32.9. The van der Waals surface area contributed by atoms with Crippen molar-refractivity contribution in [1.29, 1.82) is 0 Å². The normalized spacial score (nSPS) is 11.6. The third-order valence-electron chi connectivity index (χ3n) is 4.70. The molecular formula is C29H23IrN3-2. The van der Waals surface area contributed by atoms with Gasteiger partial charge in [-0.05, 0) is 54.0 Å². The fourth-order valence-electron chi connectivity index (χ4n) is 3.03. The Labute approximate surface area is 213 Å². The molecule has 0 amide bonds. The minimum atomic E-state index is -2.09. The predicted molar refractivity (Wildman–Crippen MR) is 130 cm³/mol. The summed E-state index contributed by atoms with van der Waals surface area (Å²) in [5.74, 6) is 0. The van der Waals surface area contributed by atoms with Gasteiger partial charge in [0.05, 0.1) is 5.69 Å². The molecule has 0 atom stereocenters. The Morgan fingerprint density at radius 2 is 1.30 bits per heavy atom. The van der Waals surface area contributed by atoms with E-state index in [4.69, 9.17) is 4.11 Å². The summed E-state index contributed by atoms with van der Waals surface area (Å²) < 4.78 is 21.7. The van der Waals surface area contributed by atoms with Crippen molar-refractivity contribution in [2.75, 3.05) is 0 Å². The second-order valence-corrected chi connectivity index (χ2v) is 7.14. The van der Waals surface area contributed by atoms with Crippen molar-refractivity contribution in [3.63, 3.8) is 0 Å². The molecule has 0 bridgehead atoms. The Hall–Kier alpha value is -3.46. The molecule has 0 N–H and O–H groups in total. The third-order valence-corrected chi connectivity index (χ3v) is 4.70. The maximum absolute atomic E-state index is 7.23. The topological polar surface area (TPSA) is 38.7 Å². The number of pyridine rings is 3. The summed E-state index contributed by atoms with van der Waals surface area (Å²) in [5, 5.41) is 0. The number of hydrogen-bond acceptors (Lipinski definition) is 3. The molecule has 0 spiro atoms. The van der Waals surface area contributed by atoms with Crippen molar-refractivity contribution >= 4 is 0 Å². The van der Waals surface area contributed by atoms with E-state index >= 15 is 0 Å². The van der Waals surface area contributed by atoms with E-state index in [-0.39, 0.29) is 25.7 Å². The molecule has 33 heavy (non-hydrogen) atoms. The molecule has 0 aliphatic heterocycles. The molecule has 3 nitrogen and oxygen atoms in total. The summed E-state index contributed by atoms with van der Waals surface area (Å²) >= 11 is 0. The first-order chi connectivity index (χ1) is 16.9. The Morgan fingerprint density at radius 1 is 0.667 bits per heavy atom. The summed E-state index contributed by atoms with van der Waals surface area (Å²) in [5.41, 5.74) is 6.96. The van der Waals surface area contributed by atoms with Crippen LogP contribution in [0.2, 0.25) is 0 Å². The fraction of sp³-hybridized carbons (Fsp3) is 0.0690. The van der Waals surface area contributed by atoms with Crippen molar-refractivity contribution in [3.8, 4) is 33.8 Å². The van der Waals surface area contributed by atoms with Crippen LogP contribution in [0, 0.1) is 25.9 Å². The van der Waals surface area contributed by atoms with Crippen LogP contribution in [0.4, 0.5) is 0 Å². The van der Waals surface area contributed by atoms with Crippen LogP contribution in [0.15, 0.2) is 104 Å². The number of aromatic nitrogens is 3. The van der Waals surface area contributed by atoms with E-state index in [1.807, 2.05) is 80.0 Å². The average molecular weight is 609 g/mol. The van der Waals surface area contributed by atoms with E-state index in [2.05, 4.69) is 33.2 Å².